The number of hydrogen-bond donors (Lipinski definition) is 0. The average molecular weight is 493 g/mol. The van der Waals surface area contributed by atoms with Crippen LogP contribution in [0, 0.1) is 0 Å². The summed E-state index contributed by atoms with van der Waals surface area (Å²) in [4.78, 5) is 0. The Kier molecular flexibility index (Phi) is 5.82. The molecule has 0 radical (unpaired) electrons. The number of fused-ring (bicyclic) bond motifs is 3. The third-order valence-corrected chi connectivity index (χ3v) is 25.6. The Morgan fingerprint density at radius 2 is 1.50 bits per heavy atom. The molecule has 2 aromatic carbocycles. The van der Waals surface area contributed by atoms with Crippen molar-refractivity contribution in [1.29, 1.82) is 0 Å². The molecule has 0 aromatic heterocycles. The summed E-state index contributed by atoms with van der Waals surface area (Å²) in [5.74, 6) is -0.721. The summed E-state index contributed by atoms with van der Waals surface area (Å²) < 4.78 is 3.66. The Balaban J connectivity index is 1.95. The Morgan fingerprint density at radius 3 is 2.07 bits per heavy atom. The van der Waals surface area contributed by atoms with E-state index in [0.29, 0.717) is 0 Å². The summed E-state index contributed by atoms with van der Waals surface area (Å²) in [7, 11) is 0. The van der Waals surface area contributed by atoms with E-state index in [1.807, 2.05) is 6.55 Å². The molecule has 0 bridgehead atoms. The van der Waals surface area contributed by atoms with Crippen LogP contribution in [-0.4, -0.2) is 5.92 Å². The van der Waals surface area contributed by atoms with Crippen LogP contribution in [0.4, 0.5) is 0 Å². The van der Waals surface area contributed by atoms with Gasteiger partial charge in [0.25, 0.3) is 0 Å². The molecule has 0 fully saturated rings. The third kappa shape index (κ3) is 4.07. The van der Waals surface area contributed by atoms with Crippen LogP contribution in [0.1, 0.15) is 70.2 Å². The van der Waals surface area contributed by atoms with Crippen molar-refractivity contribution in [3.63, 3.8) is 0 Å². The Hall–Kier alpha value is -0.980. The maximum absolute atomic E-state index is 2.66. The second-order valence-electron chi connectivity index (χ2n) is 11.5. The van der Waals surface area contributed by atoms with Gasteiger partial charge in [-0.1, -0.05) is 0 Å². The van der Waals surface area contributed by atoms with E-state index in [1.54, 1.807) is 11.1 Å². The Morgan fingerprint density at radius 1 is 0.833 bits per heavy atom. The number of allylic oxidation sites excluding steroid dienone is 4. The molecular formula is C28H37SiZr. The predicted octanol–water partition coefficient (Wildman–Crippen LogP) is 6.92. The van der Waals surface area contributed by atoms with Crippen molar-refractivity contribution >= 4 is 9.19 Å². The van der Waals surface area contributed by atoms with E-state index in [4.69, 9.17) is 0 Å². The first-order valence-corrected chi connectivity index (χ1v) is 21.1. The molecule has 0 atom stereocenters. The first-order chi connectivity index (χ1) is 14.0. The van der Waals surface area contributed by atoms with Crippen molar-refractivity contribution in [2.75, 3.05) is 0 Å². The zero-order valence-electron chi connectivity index (χ0n) is 20.1. The first kappa shape index (κ1) is 22.2. The number of benzene rings is 2. The van der Waals surface area contributed by atoms with E-state index in [1.165, 1.54) is 28.7 Å². The third-order valence-electron chi connectivity index (χ3n) is 6.73. The molecule has 0 spiro atoms. The normalized spacial score (nSPS) is 15.4. The summed E-state index contributed by atoms with van der Waals surface area (Å²) in [6.07, 6.45) is 9.53. The van der Waals surface area contributed by atoms with Gasteiger partial charge in [-0.2, -0.15) is 0 Å². The molecule has 0 saturated carbocycles. The SMILES string of the molecule is C[SiH](C)[Zr]([C]1=CC=CC1)[c]1cc(C(C)(C)C)cc2c1Cc1ccc(C(C)(C)C)cc1-2. The zero-order valence-corrected chi connectivity index (χ0v) is 23.7. The summed E-state index contributed by atoms with van der Waals surface area (Å²) in [6, 6.07) is 12.5. The van der Waals surface area contributed by atoms with Crippen molar-refractivity contribution in [1.82, 2.24) is 0 Å². The van der Waals surface area contributed by atoms with E-state index in [2.05, 4.69) is 103 Å². The number of hydrogen-bond acceptors (Lipinski definition) is 0. The molecule has 0 nitrogen and oxygen atoms in total. The van der Waals surface area contributed by atoms with Gasteiger partial charge < -0.3 is 0 Å². The van der Waals surface area contributed by atoms with Gasteiger partial charge in [0.15, 0.2) is 0 Å². The first-order valence-electron chi connectivity index (χ1n) is 11.5. The maximum atomic E-state index is 2.66. The van der Waals surface area contributed by atoms with Crippen LogP contribution in [0.5, 0.6) is 0 Å². The minimum absolute atomic E-state index is 0.184. The number of rotatable bonds is 3. The molecule has 2 aromatic rings. The van der Waals surface area contributed by atoms with Crippen LogP contribution in [0.15, 0.2) is 51.8 Å². The van der Waals surface area contributed by atoms with Gasteiger partial charge in [0.05, 0.1) is 0 Å². The molecular weight excluding hydrogens is 456 g/mol. The second-order valence-corrected chi connectivity index (χ2v) is 30.7. The Labute approximate surface area is 192 Å². The molecule has 2 aliphatic rings. The van der Waals surface area contributed by atoms with Gasteiger partial charge in [0, 0.05) is 0 Å². The fourth-order valence-corrected chi connectivity index (χ4v) is 23.6. The van der Waals surface area contributed by atoms with E-state index >= 15 is 0 Å². The van der Waals surface area contributed by atoms with Crippen LogP contribution in [0.2, 0.25) is 13.1 Å². The van der Waals surface area contributed by atoms with Crippen molar-refractivity contribution in [2.45, 2.75) is 78.3 Å². The molecule has 0 N–H and O–H groups in total. The predicted molar refractivity (Wildman–Crippen MR) is 132 cm³/mol. The van der Waals surface area contributed by atoms with Crippen LogP contribution < -0.4 is 3.27 Å². The summed E-state index contributed by atoms with van der Waals surface area (Å²) in [6.45, 7) is 19.4. The van der Waals surface area contributed by atoms with Gasteiger partial charge in [-0.3, -0.25) is 0 Å². The molecule has 4 rings (SSSR count). The van der Waals surface area contributed by atoms with E-state index < -0.39 is 26.8 Å². The van der Waals surface area contributed by atoms with E-state index in [0.717, 1.165) is 6.42 Å². The van der Waals surface area contributed by atoms with E-state index in [9.17, 15) is 0 Å². The molecule has 2 aliphatic carbocycles. The summed E-state index contributed by atoms with van der Waals surface area (Å²) in [5.41, 5.74) is 9.65. The molecule has 2 heteroatoms. The van der Waals surface area contributed by atoms with Gasteiger partial charge in [0.2, 0.25) is 0 Å². The fraction of sp³-hybridized carbons (Fsp3) is 0.429. The quantitative estimate of drug-likeness (QED) is 0.348. The van der Waals surface area contributed by atoms with Crippen LogP contribution in [0.25, 0.3) is 11.1 Å². The molecule has 0 heterocycles. The molecule has 0 aliphatic heterocycles. The fourth-order valence-electron chi connectivity index (χ4n) is 4.92. The van der Waals surface area contributed by atoms with Gasteiger partial charge >= 0.3 is 194 Å². The summed E-state index contributed by atoms with van der Waals surface area (Å²) >= 11 is -1.82. The van der Waals surface area contributed by atoms with Crippen LogP contribution in [-0.2, 0) is 38.2 Å². The molecule has 0 saturated heterocycles. The topological polar surface area (TPSA) is 0 Å². The van der Waals surface area contributed by atoms with Gasteiger partial charge in [0.1, 0.15) is 0 Å². The second kappa shape index (κ2) is 7.86. The van der Waals surface area contributed by atoms with Crippen molar-refractivity contribution in [2.24, 2.45) is 0 Å². The molecule has 0 unspecified atom stereocenters. The van der Waals surface area contributed by atoms with Gasteiger partial charge in [-0.25, -0.2) is 0 Å². The van der Waals surface area contributed by atoms with Crippen LogP contribution >= 0.6 is 0 Å². The van der Waals surface area contributed by atoms with Crippen LogP contribution in [0.3, 0.4) is 0 Å². The molecule has 157 valence electrons. The average Bonchev–Trinajstić information content (AvgIpc) is 3.27. The Bertz CT molecular complexity index is 1040. The zero-order chi connectivity index (χ0) is 21.8. The van der Waals surface area contributed by atoms with Crippen molar-refractivity contribution in [3.05, 3.63) is 74.1 Å². The molecule has 0 amide bonds. The summed E-state index contributed by atoms with van der Waals surface area (Å²) in [5, 5.41) is 0. The van der Waals surface area contributed by atoms with Gasteiger partial charge in [-0.05, 0) is 0 Å². The molecule has 30 heavy (non-hydrogen) atoms. The minimum atomic E-state index is -1.82. The van der Waals surface area contributed by atoms with Crippen molar-refractivity contribution in [3.8, 4) is 11.1 Å². The standard InChI is InChI=1S/C21H25.C5H5.C2H7Si.Zr/c1-20(2,3)16-9-7-14-11-15-8-10-17(21(4,5)6)13-19(15)18(14)12-16;1-2-4-5-3-1;1-3-2;/h7,9-10,12-13H,11H2,1-6H3;1-3H,4H2;3H,1-2H3;. The monoisotopic (exact) mass is 491 g/mol. The van der Waals surface area contributed by atoms with Gasteiger partial charge in [-0.15, -0.1) is 0 Å². The van der Waals surface area contributed by atoms with Crippen molar-refractivity contribution < 1.29 is 20.9 Å². The van der Waals surface area contributed by atoms with E-state index in [-0.39, 0.29) is 10.8 Å².